The smallest absolute Gasteiger partial charge is 0.264 e. The fourth-order valence-electron chi connectivity index (χ4n) is 4.45. The van der Waals surface area contributed by atoms with Crippen molar-refractivity contribution < 1.29 is 9.59 Å². The van der Waals surface area contributed by atoms with Crippen LogP contribution in [-0.4, -0.2) is 52.4 Å². The Morgan fingerprint density at radius 1 is 1.05 bits per heavy atom. The first-order valence-corrected chi connectivity index (χ1v) is 13.1. The fraction of sp³-hybridized carbons (Fsp3) is 0.259. The van der Waals surface area contributed by atoms with Crippen LogP contribution in [0.3, 0.4) is 0 Å². The number of fused-ring (bicyclic) bond motifs is 1. The molecule has 2 aromatic heterocycles. The zero-order chi connectivity index (χ0) is 26.1. The molecule has 37 heavy (non-hydrogen) atoms. The number of amides is 2. The average molecular weight is 536 g/mol. The molecule has 2 aromatic carbocycles. The maximum atomic E-state index is 13.4. The lowest BCUT2D eigenvalue weighted by atomic mass is 10.2. The number of nitrogens with one attached hydrogen (secondary N) is 1. The summed E-state index contributed by atoms with van der Waals surface area (Å²) in [6, 6.07) is 15.4. The van der Waals surface area contributed by atoms with Crippen molar-refractivity contribution in [1.82, 2.24) is 14.5 Å². The van der Waals surface area contributed by atoms with Crippen LogP contribution in [0.15, 0.2) is 59.7 Å². The number of hydrogen-bond donors (Lipinski definition) is 1. The molecular formula is C27H26ClN5O3S. The van der Waals surface area contributed by atoms with Crippen molar-refractivity contribution in [2.24, 2.45) is 0 Å². The van der Waals surface area contributed by atoms with E-state index in [-0.39, 0.29) is 23.9 Å². The number of aryl methyl sites for hydroxylation is 2. The zero-order valence-corrected chi connectivity index (χ0v) is 22.1. The first-order chi connectivity index (χ1) is 17.8. The molecule has 1 fully saturated rings. The molecule has 1 saturated heterocycles. The lowest BCUT2D eigenvalue weighted by molar-refractivity contribution is -0.116. The summed E-state index contributed by atoms with van der Waals surface area (Å²) >= 11 is 7.36. The summed E-state index contributed by atoms with van der Waals surface area (Å²) in [4.78, 5) is 48.7. The van der Waals surface area contributed by atoms with Crippen LogP contribution in [0.5, 0.6) is 0 Å². The Labute approximate surface area is 223 Å². The predicted octanol–water partition coefficient (Wildman–Crippen LogP) is 4.33. The van der Waals surface area contributed by atoms with Gasteiger partial charge in [-0.25, -0.2) is 4.98 Å². The number of aromatic nitrogens is 2. The topological polar surface area (TPSA) is 87.5 Å². The maximum absolute atomic E-state index is 13.4. The molecule has 1 aliphatic rings. The minimum absolute atomic E-state index is 0.0897. The van der Waals surface area contributed by atoms with E-state index < -0.39 is 0 Å². The second-order valence-corrected chi connectivity index (χ2v) is 10.4. The molecule has 0 radical (unpaired) electrons. The largest absolute Gasteiger partial charge is 0.368 e. The number of halogens is 1. The minimum atomic E-state index is -0.372. The summed E-state index contributed by atoms with van der Waals surface area (Å²) < 4.78 is 1.26. The molecule has 10 heteroatoms. The first kappa shape index (κ1) is 25.0. The van der Waals surface area contributed by atoms with E-state index in [0.717, 1.165) is 24.3 Å². The molecule has 0 spiro atoms. The SMILES string of the molecule is Cc1ccc(NC(=O)Cn2cnc3sc(C(=O)N4CCN(c5ccccc5)CC4)c(C)c3c2=O)cc1Cl. The van der Waals surface area contributed by atoms with E-state index in [2.05, 4.69) is 27.3 Å². The van der Waals surface area contributed by atoms with Crippen molar-refractivity contribution in [2.45, 2.75) is 20.4 Å². The Bertz CT molecular complexity index is 1540. The van der Waals surface area contributed by atoms with Crippen molar-refractivity contribution in [1.29, 1.82) is 0 Å². The molecule has 0 unspecified atom stereocenters. The number of para-hydroxylation sites is 1. The number of anilines is 2. The lowest BCUT2D eigenvalue weighted by Crippen LogP contribution is -2.48. The minimum Gasteiger partial charge on any atom is -0.368 e. The van der Waals surface area contributed by atoms with Gasteiger partial charge in [0.15, 0.2) is 0 Å². The molecule has 0 aliphatic carbocycles. The normalized spacial score (nSPS) is 13.7. The van der Waals surface area contributed by atoms with Gasteiger partial charge in [-0.15, -0.1) is 11.3 Å². The van der Waals surface area contributed by atoms with Crippen molar-refractivity contribution in [3.05, 3.63) is 86.2 Å². The van der Waals surface area contributed by atoms with Gasteiger partial charge in [-0.1, -0.05) is 35.9 Å². The van der Waals surface area contributed by atoms with E-state index in [1.807, 2.05) is 36.1 Å². The van der Waals surface area contributed by atoms with Crippen LogP contribution in [0.4, 0.5) is 11.4 Å². The van der Waals surface area contributed by atoms with Crippen LogP contribution >= 0.6 is 22.9 Å². The molecule has 2 amide bonds. The van der Waals surface area contributed by atoms with Gasteiger partial charge in [-0.3, -0.25) is 19.0 Å². The van der Waals surface area contributed by atoms with Gasteiger partial charge in [0, 0.05) is 42.6 Å². The van der Waals surface area contributed by atoms with Crippen molar-refractivity contribution in [3.63, 3.8) is 0 Å². The quantitative estimate of drug-likeness (QED) is 0.411. The Balaban J connectivity index is 1.31. The third kappa shape index (κ3) is 5.10. The predicted molar refractivity (Wildman–Crippen MR) is 148 cm³/mol. The highest BCUT2D eigenvalue weighted by Gasteiger charge is 2.27. The Morgan fingerprint density at radius 3 is 2.49 bits per heavy atom. The number of benzene rings is 2. The molecule has 0 saturated carbocycles. The number of piperazine rings is 1. The van der Waals surface area contributed by atoms with Gasteiger partial charge in [-0.05, 0) is 49.2 Å². The van der Waals surface area contributed by atoms with Crippen molar-refractivity contribution >= 4 is 56.3 Å². The van der Waals surface area contributed by atoms with Gasteiger partial charge in [0.05, 0.1) is 16.6 Å². The van der Waals surface area contributed by atoms with Crippen LogP contribution in [-0.2, 0) is 11.3 Å². The second-order valence-electron chi connectivity index (χ2n) is 9.04. The van der Waals surface area contributed by atoms with Crippen LogP contribution in [0.25, 0.3) is 10.2 Å². The molecular weight excluding hydrogens is 510 g/mol. The number of hydrogen-bond acceptors (Lipinski definition) is 6. The van der Waals surface area contributed by atoms with E-state index in [9.17, 15) is 14.4 Å². The third-order valence-corrected chi connectivity index (χ3v) is 8.16. The van der Waals surface area contributed by atoms with Crippen molar-refractivity contribution in [3.8, 4) is 0 Å². The molecule has 4 aromatic rings. The van der Waals surface area contributed by atoms with Crippen LogP contribution in [0.1, 0.15) is 20.8 Å². The monoisotopic (exact) mass is 535 g/mol. The standard InChI is InChI=1S/C27H26ClN5O3S/c1-17-8-9-19(14-21(17)28)30-22(34)15-33-16-29-25-23(26(33)35)18(2)24(37-25)27(36)32-12-10-31(11-13-32)20-6-4-3-5-7-20/h3-9,14,16H,10-13,15H2,1-2H3,(H,30,34). The molecule has 1 N–H and O–H groups in total. The van der Waals surface area contributed by atoms with Crippen LogP contribution in [0.2, 0.25) is 5.02 Å². The number of rotatable bonds is 5. The van der Waals surface area contributed by atoms with Gasteiger partial charge in [0.2, 0.25) is 5.91 Å². The molecule has 5 rings (SSSR count). The highest BCUT2D eigenvalue weighted by molar-refractivity contribution is 7.20. The number of carbonyl (C=O) groups excluding carboxylic acids is 2. The summed E-state index contributed by atoms with van der Waals surface area (Å²) in [6.07, 6.45) is 1.36. The second kappa shape index (κ2) is 10.4. The van der Waals surface area contributed by atoms with E-state index in [4.69, 9.17) is 11.6 Å². The van der Waals surface area contributed by atoms with Crippen LogP contribution < -0.4 is 15.8 Å². The Kier molecular flexibility index (Phi) is 6.99. The number of thiophene rings is 1. The fourth-order valence-corrected chi connectivity index (χ4v) is 5.74. The van der Waals surface area contributed by atoms with E-state index in [1.54, 1.807) is 19.1 Å². The summed E-state index contributed by atoms with van der Waals surface area (Å²) in [7, 11) is 0. The molecule has 0 bridgehead atoms. The molecule has 0 atom stereocenters. The van der Waals surface area contributed by atoms with E-state index >= 15 is 0 Å². The zero-order valence-electron chi connectivity index (χ0n) is 20.5. The van der Waals surface area contributed by atoms with Gasteiger partial charge in [-0.2, -0.15) is 0 Å². The van der Waals surface area contributed by atoms with Gasteiger partial charge in [0.1, 0.15) is 11.4 Å². The van der Waals surface area contributed by atoms with Gasteiger partial charge in [0.25, 0.3) is 11.5 Å². The third-order valence-electron chi connectivity index (χ3n) is 6.57. The average Bonchev–Trinajstić information content (AvgIpc) is 3.25. The molecule has 190 valence electrons. The van der Waals surface area contributed by atoms with E-state index in [1.165, 1.54) is 22.2 Å². The number of carbonyl (C=O) groups is 2. The summed E-state index contributed by atoms with van der Waals surface area (Å²) in [5.74, 6) is -0.461. The van der Waals surface area contributed by atoms with Gasteiger partial charge >= 0.3 is 0 Å². The van der Waals surface area contributed by atoms with Crippen molar-refractivity contribution in [2.75, 3.05) is 36.4 Å². The summed E-state index contributed by atoms with van der Waals surface area (Å²) in [6.45, 7) is 6.13. The number of nitrogens with zero attached hydrogens (tertiary/aromatic N) is 4. The lowest BCUT2D eigenvalue weighted by Gasteiger charge is -2.36. The summed E-state index contributed by atoms with van der Waals surface area (Å²) in [5.41, 5.74) is 2.86. The van der Waals surface area contributed by atoms with Gasteiger partial charge < -0.3 is 15.1 Å². The first-order valence-electron chi connectivity index (χ1n) is 12.0. The Morgan fingerprint density at radius 2 is 1.78 bits per heavy atom. The summed E-state index contributed by atoms with van der Waals surface area (Å²) in [5, 5.41) is 3.68. The maximum Gasteiger partial charge on any atom is 0.264 e. The van der Waals surface area contributed by atoms with E-state index in [0.29, 0.717) is 44.5 Å². The molecule has 1 aliphatic heterocycles. The highest BCUT2D eigenvalue weighted by Crippen LogP contribution is 2.29. The molecule has 8 nitrogen and oxygen atoms in total. The Hall–Kier alpha value is -3.69. The highest BCUT2D eigenvalue weighted by atomic mass is 35.5. The van der Waals surface area contributed by atoms with Crippen LogP contribution in [0, 0.1) is 13.8 Å². The molecule has 3 heterocycles.